The Balaban J connectivity index is 1.96. The van der Waals surface area contributed by atoms with Crippen LogP contribution in [0.3, 0.4) is 0 Å². The van der Waals surface area contributed by atoms with Gasteiger partial charge in [-0.1, -0.05) is 56.3 Å². The highest BCUT2D eigenvalue weighted by molar-refractivity contribution is 5.68. The third-order valence-corrected chi connectivity index (χ3v) is 3.84. The fourth-order valence-electron chi connectivity index (χ4n) is 2.53. The van der Waals surface area contributed by atoms with Gasteiger partial charge >= 0.3 is 0 Å². The van der Waals surface area contributed by atoms with E-state index in [1.54, 1.807) is 7.11 Å². The number of aromatic nitrogens is 2. The molecule has 0 aliphatic carbocycles. The van der Waals surface area contributed by atoms with Crippen LogP contribution in [0, 0.1) is 5.92 Å². The van der Waals surface area contributed by atoms with Crippen LogP contribution in [0.2, 0.25) is 0 Å². The number of hydrogen-bond acceptors (Lipinski definition) is 5. The second-order valence-corrected chi connectivity index (χ2v) is 6.43. The number of rotatable bonds is 7. The van der Waals surface area contributed by atoms with Crippen molar-refractivity contribution in [2.45, 2.75) is 13.8 Å². The summed E-state index contributed by atoms with van der Waals surface area (Å²) >= 11 is 0. The molecule has 5 heteroatoms. The molecule has 0 saturated heterocycles. The van der Waals surface area contributed by atoms with Gasteiger partial charge in [0.2, 0.25) is 5.95 Å². The van der Waals surface area contributed by atoms with Gasteiger partial charge < -0.3 is 15.4 Å². The van der Waals surface area contributed by atoms with Crippen molar-refractivity contribution in [2.75, 3.05) is 24.3 Å². The molecule has 0 radical (unpaired) electrons. The van der Waals surface area contributed by atoms with Crippen molar-refractivity contribution in [1.82, 2.24) is 9.97 Å². The fraction of sp³-hybridized carbons (Fsp3) is 0.238. The third kappa shape index (κ3) is 4.51. The van der Waals surface area contributed by atoms with E-state index in [0.29, 0.717) is 11.9 Å². The Labute approximate surface area is 154 Å². The van der Waals surface area contributed by atoms with Crippen LogP contribution in [0.25, 0.3) is 11.3 Å². The highest BCUT2D eigenvalue weighted by atomic mass is 16.5. The molecule has 0 saturated carbocycles. The van der Waals surface area contributed by atoms with Gasteiger partial charge in [-0.3, -0.25) is 0 Å². The highest BCUT2D eigenvalue weighted by Crippen LogP contribution is 2.28. The van der Waals surface area contributed by atoms with Gasteiger partial charge in [-0.05, 0) is 18.1 Å². The summed E-state index contributed by atoms with van der Waals surface area (Å²) in [6.45, 7) is 5.18. The highest BCUT2D eigenvalue weighted by Gasteiger charge is 2.09. The molecule has 0 unspecified atom stereocenters. The second-order valence-electron chi connectivity index (χ2n) is 6.43. The Kier molecular flexibility index (Phi) is 5.69. The molecule has 2 N–H and O–H groups in total. The van der Waals surface area contributed by atoms with Crippen molar-refractivity contribution in [3.8, 4) is 17.0 Å². The molecule has 5 nitrogen and oxygen atoms in total. The van der Waals surface area contributed by atoms with E-state index in [2.05, 4.69) is 34.4 Å². The summed E-state index contributed by atoms with van der Waals surface area (Å²) < 4.78 is 5.41. The molecule has 0 aliphatic rings. The SMILES string of the molecule is COc1ccccc1Nc1nc(NCC(C)C)cc(-c2ccccc2)n1. The van der Waals surface area contributed by atoms with Crippen LogP contribution in [0.15, 0.2) is 60.7 Å². The van der Waals surface area contributed by atoms with Crippen molar-refractivity contribution in [3.05, 3.63) is 60.7 Å². The van der Waals surface area contributed by atoms with Crippen molar-refractivity contribution in [3.63, 3.8) is 0 Å². The van der Waals surface area contributed by atoms with E-state index in [1.807, 2.05) is 60.7 Å². The number of benzene rings is 2. The van der Waals surface area contributed by atoms with Crippen LogP contribution in [0.5, 0.6) is 5.75 Å². The van der Waals surface area contributed by atoms with E-state index in [-0.39, 0.29) is 0 Å². The number of nitrogens with one attached hydrogen (secondary N) is 2. The Bertz CT molecular complexity index is 850. The lowest BCUT2D eigenvalue weighted by Crippen LogP contribution is -2.11. The topological polar surface area (TPSA) is 59.1 Å². The van der Waals surface area contributed by atoms with Crippen LogP contribution >= 0.6 is 0 Å². The van der Waals surface area contributed by atoms with Gasteiger partial charge in [0.05, 0.1) is 18.5 Å². The number of methoxy groups -OCH3 is 1. The molecule has 0 aliphatic heterocycles. The largest absolute Gasteiger partial charge is 0.495 e. The van der Waals surface area contributed by atoms with E-state index in [0.717, 1.165) is 35.1 Å². The summed E-state index contributed by atoms with van der Waals surface area (Å²) in [6, 6.07) is 19.8. The molecule has 1 heterocycles. The quantitative estimate of drug-likeness (QED) is 0.632. The average Bonchev–Trinajstić information content (AvgIpc) is 2.67. The second kappa shape index (κ2) is 8.34. The summed E-state index contributed by atoms with van der Waals surface area (Å²) in [5, 5.41) is 6.66. The maximum Gasteiger partial charge on any atom is 0.229 e. The molecule has 26 heavy (non-hydrogen) atoms. The predicted octanol–water partition coefficient (Wildman–Crippen LogP) is 4.96. The van der Waals surface area contributed by atoms with Crippen LogP contribution in [-0.2, 0) is 0 Å². The normalized spacial score (nSPS) is 10.6. The molecule has 0 atom stereocenters. The number of ether oxygens (including phenoxy) is 1. The summed E-state index contributed by atoms with van der Waals surface area (Å²) in [7, 11) is 1.65. The van der Waals surface area contributed by atoms with Gasteiger partial charge in [0.15, 0.2) is 0 Å². The molecule has 134 valence electrons. The van der Waals surface area contributed by atoms with Crippen molar-refractivity contribution in [2.24, 2.45) is 5.92 Å². The molecule has 0 bridgehead atoms. The lowest BCUT2D eigenvalue weighted by molar-refractivity contribution is 0.417. The van der Waals surface area contributed by atoms with Crippen molar-refractivity contribution < 1.29 is 4.74 Å². The Hall–Kier alpha value is -3.08. The number of para-hydroxylation sites is 2. The van der Waals surface area contributed by atoms with Gasteiger partial charge in [-0.2, -0.15) is 4.98 Å². The maximum absolute atomic E-state index is 5.41. The average molecular weight is 348 g/mol. The van der Waals surface area contributed by atoms with E-state index in [1.165, 1.54) is 0 Å². The number of hydrogen-bond donors (Lipinski definition) is 2. The molecule has 1 aromatic heterocycles. The van der Waals surface area contributed by atoms with Crippen LogP contribution in [0.1, 0.15) is 13.8 Å². The first kappa shape index (κ1) is 17.7. The lowest BCUT2D eigenvalue weighted by atomic mass is 10.1. The molecule has 3 rings (SSSR count). The zero-order valence-electron chi connectivity index (χ0n) is 15.4. The number of anilines is 3. The molecular weight excluding hydrogens is 324 g/mol. The molecule has 2 aromatic carbocycles. The van der Waals surface area contributed by atoms with Gasteiger partial charge in [-0.15, -0.1) is 0 Å². The van der Waals surface area contributed by atoms with E-state index in [4.69, 9.17) is 4.74 Å². The lowest BCUT2D eigenvalue weighted by Gasteiger charge is -2.14. The van der Waals surface area contributed by atoms with E-state index in [9.17, 15) is 0 Å². The molecule has 3 aromatic rings. The van der Waals surface area contributed by atoms with Gasteiger partial charge in [0, 0.05) is 18.2 Å². The van der Waals surface area contributed by atoms with E-state index >= 15 is 0 Å². The van der Waals surface area contributed by atoms with Gasteiger partial charge in [0.25, 0.3) is 0 Å². The number of nitrogens with zero attached hydrogens (tertiary/aromatic N) is 2. The smallest absolute Gasteiger partial charge is 0.229 e. The summed E-state index contributed by atoms with van der Waals surface area (Å²) in [5.41, 5.74) is 2.74. The van der Waals surface area contributed by atoms with E-state index < -0.39 is 0 Å². The van der Waals surface area contributed by atoms with Gasteiger partial charge in [0.1, 0.15) is 11.6 Å². The first-order valence-corrected chi connectivity index (χ1v) is 8.74. The van der Waals surface area contributed by atoms with Crippen LogP contribution in [0.4, 0.5) is 17.5 Å². The van der Waals surface area contributed by atoms with Crippen molar-refractivity contribution in [1.29, 1.82) is 0 Å². The summed E-state index contributed by atoms with van der Waals surface area (Å²) in [4.78, 5) is 9.30. The van der Waals surface area contributed by atoms with Gasteiger partial charge in [-0.25, -0.2) is 4.98 Å². The summed E-state index contributed by atoms with van der Waals surface area (Å²) in [5.74, 6) is 2.60. The molecule has 0 fully saturated rings. The predicted molar refractivity (Wildman–Crippen MR) is 107 cm³/mol. The minimum atomic E-state index is 0.524. The van der Waals surface area contributed by atoms with Crippen molar-refractivity contribution >= 4 is 17.5 Å². The zero-order valence-corrected chi connectivity index (χ0v) is 15.4. The van der Waals surface area contributed by atoms with Crippen LogP contribution < -0.4 is 15.4 Å². The molecule has 0 spiro atoms. The Morgan fingerprint density at radius 1 is 0.962 bits per heavy atom. The third-order valence-electron chi connectivity index (χ3n) is 3.84. The minimum absolute atomic E-state index is 0.524. The Morgan fingerprint density at radius 2 is 1.69 bits per heavy atom. The fourth-order valence-corrected chi connectivity index (χ4v) is 2.53. The Morgan fingerprint density at radius 3 is 2.42 bits per heavy atom. The minimum Gasteiger partial charge on any atom is -0.495 e. The maximum atomic E-state index is 5.41. The standard InChI is InChI=1S/C21H24N4O/c1-15(2)14-22-20-13-18(16-9-5-4-6-10-16)24-21(25-20)23-17-11-7-8-12-19(17)26-3/h4-13,15H,14H2,1-3H3,(H2,22,23,24,25). The zero-order chi connectivity index (χ0) is 18.4. The molecular formula is C21H24N4O. The first-order chi connectivity index (χ1) is 12.7. The monoisotopic (exact) mass is 348 g/mol. The first-order valence-electron chi connectivity index (χ1n) is 8.74. The summed E-state index contributed by atoms with van der Waals surface area (Å²) in [6.07, 6.45) is 0. The molecule has 0 amide bonds. The van der Waals surface area contributed by atoms with Crippen LogP contribution in [-0.4, -0.2) is 23.6 Å².